The lowest BCUT2D eigenvalue weighted by atomic mass is 10.0. The number of pyridine rings is 1. The SMILES string of the molecule is N#CC(O)C(O)c1ccc2c(=O)cc[nH]c2c1. The van der Waals surface area contributed by atoms with Crippen molar-refractivity contribution in [1.82, 2.24) is 4.98 Å². The van der Waals surface area contributed by atoms with Crippen molar-refractivity contribution in [3.63, 3.8) is 0 Å². The molecule has 0 saturated carbocycles. The van der Waals surface area contributed by atoms with Gasteiger partial charge in [0, 0.05) is 23.2 Å². The van der Waals surface area contributed by atoms with Crippen molar-refractivity contribution in [2.24, 2.45) is 0 Å². The van der Waals surface area contributed by atoms with E-state index in [-0.39, 0.29) is 5.43 Å². The Balaban J connectivity index is 2.53. The number of fused-ring (bicyclic) bond motifs is 1. The van der Waals surface area contributed by atoms with Crippen LogP contribution >= 0.6 is 0 Å². The van der Waals surface area contributed by atoms with E-state index < -0.39 is 12.2 Å². The molecule has 2 unspecified atom stereocenters. The average molecular weight is 230 g/mol. The molecular weight excluding hydrogens is 220 g/mol. The molecule has 2 rings (SSSR count). The number of nitrogens with one attached hydrogen (secondary N) is 1. The minimum Gasteiger partial charge on any atom is -0.385 e. The van der Waals surface area contributed by atoms with Gasteiger partial charge in [0.1, 0.15) is 6.10 Å². The monoisotopic (exact) mass is 230 g/mol. The number of rotatable bonds is 2. The van der Waals surface area contributed by atoms with Crippen molar-refractivity contribution in [3.05, 3.63) is 46.2 Å². The Bertz CT molecular complexity index is 642. The summed E-state index contributed by atoms with van der Waals surface area (Å²) < 4.78 is 0. The largest absolute Gasteiger partial charge is 0.385 e. The summed E-state index contributed by atoms with van der Waals surface area (Å²) in [6, 6.07) is 7.57. The summed E-state index contributed by atoms with van der Waals surface area (Å²) in [5, 5.41) is 27.9. The first-order valence-electron chi connectivity index (χ1n) is 5.00. The lowest BCUT2D eigenvalue weighted by Crippen LogP contribution is -2.15. The highest BCUT2D eigenvalue weighted by molar-refractivity contribution is 5.78. The molecule has 0 amide bonds. The van der Waals surface area contributed by atoms with Crippen LogP contribution in [0.1, 0.15) is 11.7 Å². The molecule has 3 N–H and O–H groups in total. The lowest BCUT2D eigenvalue weighted by molar-refractivity contribution is 0.0529. The Morgan fingerprint density at radius 3 is 2.76 bits per heavy atom. The number of hydrogen-bond donors (Lipinski definition) is 3. The second-order valence-electron chi connectivity index (χ2n) is 3.67. The standard InChI is InChI=1S/C12H10N2O3/c13-6-11(16)12(17)7-1-2-8-9(5-7)14-4-3-10(8)15/h1-5,11-12,16-17H,(H,14,15). The predicted molar refractivity (Wildman–Crippen MR) is 61.1 cm³/mol. The molecule has 0 spiro atoms. The highest BCUT2D eigenvalue weighted by atomic mass is 16.3. The van der Waals surface area contributed by atoms with Gasteiger partial charge in [-0.1, -0.05) is 6.07 Å². The smallest absolute Gasteiger partial charge is 0.189 e. The minimum absolute atomic E-state index is 0.124. The number of nitriles is 1. The van der Waals surface area contributed by atoms with Crippen LogP contribution in [0.2, 0.25) is 0 Å². The number of aromatic amines is 1. The van der Waals surface area contributed by atoms with E-state index in [1.807, 2.05) is 0 Å². The van der Waals surface area contributed by atoms with Crippen LogP contribution in [0, 0.1) is 11.3 Å². The Morgan fingerprint density at radius 2 is 2.06 bits per heavy atom. The zero-order valence-electron chi connectivity index (χ0n) is 8.79. The van der Waals surface area contributed by atoms with E-state index in [1.165, 1.54) is 18.3 Å². The van der Waals surface area contributed by atoms with Gasteiger partial charge in [0.15, 0.2) is 11.5 Å². The van der Waals surface area contributed by atoms with Gasteiger partial charge >= 0.3 is 0 Å². The second-order valence-corrected chi connectivity index (χ2v) is 3.67. The van der Waals surface area contributed by atoms with E-state index in [2.05, 4.69) is 4.98 Å². The fourth-order valence-electron chi connectivity index (χ4n) is 1.63. The molecule has 5 nitrogen and oxygen atoms in total. The molecule has 0 radical (unpaired) electrons. The van der Waals surface area contributed by atoms with Gasteiger partial charge in [0.25, 0.3) is 0 Å². The number of benzene rings is 1. The van der Waals surface area contributed by atoms with Crippen LogP contribution in [0.3, 0.4) is 0 Å². The fourth-order valence-corrected chi connectivity index (χ4v) is 1.63. The Morgan fingerprint density at radius 1 is 1.29 bits per heavy atom. The number of aliphatic hydroxyl groups excluding tert-OH is 2. The summed E-state index contributed by atoms with van der Waals surface area (Å²) in [5.41, 5.74) is 0.813. The van der Waals surface area contributed by atoms with Crippen molar-refractivity contribution < 1.29 is 10.2 Å². The normalized spacial score (nSPS) is 14.2. The number of H-pyrrole nitrogens is 1. The topological polar surface area (TPSA) is 97.1 Å². The molecule has 0 aliphatic heterocycles. The molecule has 0 aliphatic rings. The van der Waals surface area contributed by atoms with Crippen molar-refractivity contribution >= 4 is 10.9 Å². The zero-order valence-corrected chi connectivity index (χ0v) is 8.79. The van der Waals surface area contributed by atoms with Gasteiger partial charge in [0.2, 0.25) is 0 Å². The molecule has 5 heteroatoms. The Labute approximate surface area is 96.6 Å². The fraction of sp³-hybridized carbons (Fsp3) is 0.167. The van der Waals surface area contributed by atoms with Crippen molar-refractivity contribution in [1.29, 1.82) is 5.26 Å². The zero-order chi connectivity index (χ0) is 12.4. The van der Waals surface area contributed by atoms with E-state index in [0.717, 1.165) is 0 Å². The molecular formula is C12H10N2O3. The van der Waals surface area contributed by atoms with Gasteiger partial charge in [-0.15, -0.1) is 0 Å². The number of aliphatic hydroxyl groups is 2. The van der Waals surface area contributed by atoms with E-state index in [1.54, 1.807) is 18.2 Å². The molecule has 1 aromatic heterocycles. The molecule has 0 aliphatic carbocycles. The van der Waals surface area contributed by atoms with Crippen LogP contribution in [0.15, 0.2) is 35.3 Å². The third-order valence-corrected chi connectivity index (χ3v) is 2.56. The molecule has 0 saturated heterocycles. The first-order chi connectivity index (χ1) is 8.13. The van der Waals surface area contributed by atoms with E-state index >= 15 is 0 Å². The first kappa shape index (κ1) is 11.3. The van der Waals surface area contributed by atoms with Crippen LogP contribution in [0.5, 0.6) is 0 Å². The third kappa shape index (κ3) is 2.04. The van der Waals surface area contributed by atoms with Gasteiger partial charge in [-0.05, 0) is 17.7 Å². The Kier molecular flexibility index (Phi) is 2.91. The molecule has 0 bridgehead atoms. The minimum atomic E-state index is -1.48. The first-order valence-corrected chi connectivity index (χ1v) is 5.00. The number of aromatic nitrogens is 1. The van der Waals surface area contributed by atoms with Gasteiger partial charge in [-0.25, -0.2) is 0 Å². The molecule has 1 aromatic carbocycles. The molecule has 1 heterocycles. The van der Waals surface area contributed by atoms with Crippen molar-refractivity contribution in [2.45, 2.75) is 12.2 Å². The van der Waals surface area contributed by atoms with E-state index in [0.29, 0.717) is 16.5 Å². The predicted octanol–water partition coefficient (Wildman–Crippen LogP) is 0.446. The van der Waals surface area contributed by atoms with Crippen LogP contribution in [-0.4, -0.2) is 21.3 Å². The van der Waals surface area contributed by atoms with E-state index in [4.69, 9.17) is 5.26 Å². The van der Waals surface area contributed by atoms with Gasteiger partial charge in [-0.3, -0.25) is 4.79 Å². The summed E-state index contributed by atoms with van der Waals surface area (Å²) in [5.74, 6) is 0. The highest BCUT2D eigenvalue weighted by Crippen LogP contribution is 2.19. The Hall–Kier alpha value is -2.16. The third-order valence-electron chi connectivity index (χ3n) is 2.56. The average Bonchev–Trinajstić information content (AvgIpc) is 2.37. The summed E-state index contributed by atoms with van der Waals surface area (Å²) in [7, 11) is 0. The van der Waals surface area contributed by atoms with Crippen molar-refractivity contribution in [2.75, 3.05) is 0 Å². The molecule has 0 fully saturated rings. The lowest BCUT2D eigenvalue weighted by Gasteiger charge is -2.12. The van der Waals surface area contributed by atoms with Crippen LogP contribution in [0.4, 0.5) is 0 Å². The van der Waals surface area contributed by atoms with Crippen LogP contribution in [0.25, 0.3) is 10.9 Å². The van der Waals surface area contributed by atoms with Crippen LogP contribution < -0.4 is 5.43 Å². The maximum atomic E-state index is 11.5. The molecule has 2 atom stereocenters. The summed E-state index contributed by atoms with van der Waals surface area (Å²) in [4.78, 5) is 14.3. The van der Waals surface area contributed by atoms with Crippen molar-refractivity contribution in [3.8, 4) is 6.07 Å². The highest BCUT2D eigenvalue weighted by Gasteiger charge is 2.17. The maximum Gasteiger partial charge on any atom is 0.189 e. The molecule has 2 aromatic rings. The summed E-state index contributed by atoms with van der Waals surface area (Å²) in [6.07, 6.45) is -1.27. The van der Waals surface area contributed by atoms with E-state index in [9.17, 15) is 15.0 Å². The molecule has 17 heavy (non-hydrogen) atoms. The second kappa shape index (κ2) is 4.37. The van der Waals surface area contributed by atoms with Gasteiger partial charge < -0.3 is 15.2 Å². The summed E-state index contributed by atoms with van der Waals surface area (Å²) in [6.45, 7) is 0. The van der Waals surface area contributed by atoms with Gasteiger partial charge in [-0.2, -0.15) is 5.26 Å². The summed E-state index contributed by atoms with van der Waals surface area (Å²) >= 11 is 0. The molecule has 86 valence electrons. The maximum absolute atomic E-state index is 11.5. The quantitative estimate of drug-likeness (QED) is 0.652. The number of nitrogens with zero attached hydrogens (tertiary/aromatic N) is 1. The number of hydrogen-bond acceptors (Lipinski definition) is 4. The van der Waals surface area contributed by atoms with Crippen LogP contribution in [-0.2, 0) is 0 Å². The van der Waals surface area contributed by atoms with Gasteiger partial charge in [0.05, 0.1) is 6.07 Å².